The van der Waals surface area contributed by atoms with Gasteiger partial charge in [0.2, 0.25) is 0 Å². The number of hydrogen-bond donors (Lipinski definition) is 0. The largest absolute Gasteiger partial charge is 0.0776 e. The Morgan fingerprint density at radius 3 is 1.72 bits per heavy atom. The van der Waals surface area contributed by atoms with Gasteiger partial charge in [-0.25, -0.2) is 0 Å². The number of hydrogen-bond acceptors (Lipinski definition) is 0. The van der Waals surface area contributed by atoms with Crippen LogP contribution in [0.5, 0.6) is 0 Å². The van der Waals surface area contributed by atoms with E-state index in [0.29, 0.717) is 0 Å². The van der Waals surface area contributed by atoms with E-state index in [4.69, 9.17) is 0 Å². The van der Waals surface area contributed by atoms with E-state index >= 15 is 0 Å². The topological polar surface area (TPSA) is 0 Å². The molecule has 0 fully saturated rings. The Balaban J connectivity index is 0.00000162. The summed E-state index contributed by atoms with van der Waals surface area (Å²) < 4.78 is 0. The Kier molecular flexibility index (Phi) is 4.91. The van der Waals surface area contributed by atoms with Crippen LogP contribution in [0.15, 0.2) is 48.5 Å². The normalized spacial score (nSPS) is 10.9. The van der Waals surface area contributed by atoms with Crippen LogP contribution in [0, 0.1) is 13.8 Å². The first kappa shape index (κ1) is 14.2. The van der Waals surface area contributed by atoms with Crippen molar-refractivity contribution in [2.45, 2.75) is 28.2 Å². The molecule has 0 heteroatoms. The van der Waals surface area contributed by atoms with Crippen molar-refractivity contribution in [3.05, 3.63) is 70.8 Å². The molecule has 2 aromatic carbocycles. The monoisotopic (exact) mass is 238 g/mol. The van der Waals surface area contributed by atoms with Gasteiger partial charge in [-0.1, -0.05) is 73.2 Å². The van der Waals surface area contributed by atoms with Gasteiger partial charge in [0.25, 0.3) is 0 Å². The van der Waals surface area contributed by atoms with Gasteiger partial charge in [0.05, 0.1) is 0 Å². The van der Waals surface area contributed by atoms with Gasteiger partial charge in [0, 0.05) is 0 Å². The Labute approximate surface area is 111 Å². The lowest BCUT2D eigenvalue weighted by atomic mass is 10.0. The third-order valence-electron chi connectivity index (χ3n) is 2.97. The zero-order chi connectivity index (χ0) is 12.3. The van der Waals surface area contributed by atoms with Crippen LogP contribution < -0.4 is 0 Å². The minimum Gasteiger partial charge on any atom is -0.0776 e. The van der Waals surface area contributed by atoms with Crippen molar-refractivity contribution >= 4 is 11.6 Å². The second-order valence-electron chi connectivity index (χ2n) is 4.60. The predicted molar refractivity (Wildman–Crippen MR) is 82.6 cm³/mol. The van der Waals surface area contributed by atoms with Crippen molar-refractivity contribution in [3.63, 3.8) is 0 Å². The molecule has 0 saturated carbocycles. The Morgan fingerprint density at radius 2 is 1.22 bits per heavy atom. The summed E-state index contributed by atoms with van der Waals surface area (Å²) in [6.07, 6.45) is 2.23. The SMILES string of the molecule is C.C/C(=C\c1ccc(C)cc1)c1ccc(C)cc1. The summed E-state index contributed by atoms with van der Waals surface area (Å²) in [6.45, 7) is 6.38. The highest BCUT2D eigenvalue weighted by Gasteiger charge is 1.95. The molecule has 0 unspecified atom stereocenters. The van der Waals surface area contributed by atoms with E-state index in [9.17, 15) is 0 Å². The fourth-order valence-corrected chi connectivity index (χ4v) is 1.81. The standard InChI is InChI=1S/C17H18.CH4/c1-13-4-8-16(9-5-13)12-15(3)17-10-6-14(2)7-11-17;/h4-12H,1-3H3;1H4/b15-12+;. The van der Waals surface area contributed by atoms with Crippen molar-refractivity contribution < 1.29 is 0 Å². The lowest BCUT2D eigenvalue weighted by Crippen LogP contribution is -1.81. The number of benzene rings is 2. The van der Waals surface area contributed by atoms with Crippen LogP contribution in [0.25, 0.3) is 11.6 Å². The molecule has 2 rings (SSSR count). The molecule has 0 N–H and O–H groups in total. The van der Waals surface area contributed by atoms with Crippen LogP contribution in [0.3, 0.4) is 0 Å². The van der Waals surface area contributed by atoms with E-state index in [1.54, 1.807) is 0 Å². The van der Waals surface area contributed by atoms with Gasteiger partial charge in [0.1, 0.15) is 0 Å². The smallest absolute Gasteiger partial charge is 0.0227 e. The van der Waals surface area contributed by atoms with Crippen molar-refractivity contribution in [2.24, 2.45) is 0 Å². The van der Waals surface area contributed by atoms with E-state index in [-0.39, 0.29) is 7.43 Å². The van der Waals surface area contributed by atoms with Crippen LogP contribution in [0.4, 0.5) is 0 Å². The molecule has 0 aliphatic rings. The van der Waals surface area contributed by atoms with Crippen LogP contribution in [0.2, 0.25) is 0 Å². The second kappa shape index (κ2) is 6.20. The second-order valence-corrected chi connectivity index (χ2v) is 4.60. The number of rotatable bonds is 2. The molecule has 0 amide bonds. The van der Waals surface area contributed by atoms with Gasteiger partial charge in [-0.15, -0.1) is 0 Å². The quantitative estimate of drug-likeness (QED) is 0.606. The summed E-state index contributed by atoms with van der Waals surface area (Å²) in [5, 5.41) is 0. The zero-order valence-corrected chi connectivity index (χ0v) is 10.7. The van der Waals surface area contributed by atoms with Gasteiger partial charge >= 0.3 is 0 Å². The third-order valence-corrected chi connectivity index (χ3v) is 2.97. The summed E-state index contributed by atoms with van der Waals surface area (Å²) >= 11 is 0. The van der Waals surface area contributed by atoms with Gasteiger partial charge in [-0.2, -0.15) is 0 Å². The van der Waals surface area contributed by atoms with Crippen molar-refractivity contribution in [2.75, 3.05) is 0 Å². The first-order chi connectivity index (χ1) is 8.15. The van der Waals surface area contributed by atoms with E-state index in [1.165, 1.54) is 27.8 Å². The number of aryl methyl sites for hydroxylation is 2. The first-order valence-corrected chi connectivity index (χ1v) is 5.97. The summed E-state index contributed by atoms with van der Waals surface area (Å²) in [5.74, 6) is 0. The molecular weight excluding hydrogens is 216 g/mol. The van der Waals surface area contributed by atoms with Gasteiger partial charge in [0.15, 0.2) is 0 Å². The Morgan fingerprint density at radius 1 is 0.778 bits per heavy atom. The molecule has 0 nitrogen and oxygen atoms in total. The molecule has 0 saturated heterocycles. The lowest BCUT2D eigenvalue weighted by molar-refractivity contribution is 1.44. The Bertz CT molecular complexity index is 513. The fraction of sp³-hybridized carbons (Fsp3) is 0.222. The molecule has 0 bridgehead atoms. The average Bonchev–Trinajstić information content (AvgIpc) is 2.33. The highest BCUT2D eigenvalue weighted by molar-refractivity contribution is 5.80. The molecular formula is C18H22. The summed E-state index contributed by atoms with van der Waals surface area (Å²) in [6, 6.07) is 17.3. The maximum Gasteiger partial charge on any atom is -0.0227 e. The molecule has 2 aromatic rings. The minimum atomic E-state index is 0. The zero-order valence-electron chi connectivity index (χ0n) is 10.7. The van der Waals surface area contributed by atoms with Crippen LogP contribution in [-0.2, 0) is 0 Å². The highest BCUT2D eigenvalue weighted by atomic mass is 14.0. The molecule has 0 aliphatic heterocycles. The molecule has 0 radical (unpaired) electrons. The number of allylic oxidation sites excluding steroid dienone is 1. The van der Waals surface area contributed by atoms with E-state index in [1.807, 2.05) is 0 Å². The van der Waals surface area contributed by atoms with Crippen molar-refractivity contribution in [3.8, 4) is 0 Å². The maximum atomic E-state index is 2.23. The van der Waals surface area contributed by atoms with Crippen molar-refractivity contribution in [1.29, 1.82) is 0 Å². The third kappa shape index (κ3) is 3.59. The van der Waals surface area contributed by atoms with E-state index in [2.05, 4.69) is 75.4 Å². The molecule has 0 aliphatic carbocycles. The molecule has 0 atom stereocenters. The van der Waals surface area contributed by atoms with Crippen LogP contribution >= 0.6 is 0 Å². The molecule has 0 spiro atoms. The maximum absolute atomic E-state index is 2.23. The van der Waals surface area contributed by atoms with E-state index in [0.717, 1.165) is 0 Å². The molecule has 94 valence electrons. The lowest BCUT2D eigenvalue weighted by Gasteiger charge is -2.03. The molecule has 0 heterocycles. The fourth-order valence-electron chi connectivity index (χ4n) is 1.81. The van der Waals surface area contributed by atoms with Crippen LogP contribution in [0.1, 0.15) is 36.6 Å². The van der Waals surface area contributed by atoms with E-state index < -0.39 is 0 Å². The predicted octanol–water partition coefficient (Wildman–Crippen LogP) is 5.50. The first-order valence-electron chi connectivity index (χ1n) is 5.97. The van der Waals surface area contributed by atoms with Gasteiger partial charge in [-0.05, 0) is 37.5 Å². The van der Waals surface area contributed by atoms with Gasteiger partial charge in [-0.3, -0.25) is 0 Å². The summed E-state index contributed by atoms with van der Waals surface area (Å²) in [7, 11) is 0. The van der Waals surface area contributed by atoms with Gasteiger partial charge < -0.3 is 0 Å². The van der Waals surface area contributed by atoms with Crippen LogP contribution in [-0.4, -0.2) is 0 Å². The highest BCUT2D eigenvalue weighted by Crippen LogP contribution is 2.18. The Hall–Kier alpha value is -1.82. The summed E-state index contributed by atoms with van der Waals surface area (Å²) in [4.78, 5) is 0. The molecule has 0 aromatic heterocycles. The average molecular weight is 238 g/mol. The summed E-state index contributed by atoms with van der Waals surface area (Å²) in [5.41, 5.74) is 6.45. The minimum absolute atomic E-state index is 0. The molecule has 18 heavy (non-hydrogen) atoms. The van der Waals surface area contributed by atoms with Crippen molar-refractivity contribution in [1.82, 2.24) is 0 Å².